The SMILES string of the molecule is CC(C)(CC(C)(C)C(=O)O)Oc1ccc([C@@H]2c3ccc(OCc4ccccc4)cc3CC[C@@H]2c2ccccc2)cc1. The first-order valence-corrected chi connectivity index (χ1v) is 14.5. The number of carboxylic acids is 1. The predicted molar refractivity (Wildman–Crippen MR) is 164 cm³/mol. The lowest BCUT2D eigenvalue weighted by Gasteiger charge is -2.35. The molecule has 0 amide bonds. The molecule has 0 radical (unpaired) electrons. The maximum atomic E-state index is 11.7. The van der Waals surface area contributed by atoms with E-state index < -0.39 is 17.0 Å². The van der Waals surface area contributed by atoms with Crippen LogP contribution in [0.3, 0.4) is 0 Å². The van der Waals surface area contributed by atoms with Gasteiger partial charge in [0.25, 0.3) is 0 Å². The van der Waals surface area contributed by atoms with Crippen LogP contribution in [-0.4, -0.2) is 16.7 Å². The van der Waals surface area contributed by atoms with Gasteiger partial charge in [-0.1, -0.05) is 78.9 Å². The minimum absolute atomic E-state index is 0.206. The third-order valence-corrected chi connectivity index (χ3v) is 8.13. The average molecular weight is 549 g/mol. The lowest BCUT2D eigenvalue weighted by molar-refractivity contribution is -0.149. The second-order valence-corrected chi connectivity index (χ2v) is 12.5. The van der Waals surface area contributed by atoms with E-state index >= 15 is 0 Å². The van der Waals surface area contributed by atoms with Crippen molar-refractivity contribution >= 4 is 5.97 Å². The standard InChI is InChI=1S/C37H40O4/c1-36(2,35(38)39)25-37(3,4)41-30-18-15-28(16-19-30)34-32(27-13-9-6-10-14-27)21-17-29-23-31(20-22-33(29)34)40-24-26-11-7-5-8-12-26/h5-16,18-20,22-23,32,34H,17,21,24-25H2,1-4H3,(H,38,39)/t32-,34+/m1/s1. The molecule has 2 atom stereocenters. The van der Waals surface area contributed by atoms with E-state index in [1.54, 1.807) is 13.8 Å². The summed E-state index contributed by atoms with van der Waals surface area (Å²) in [5.41, 5.74) is 4.94. The van der Waals surface area contributed by atoms with Crippen LogP contribution in [0.25, 0.3) is 0 Å². The highest BCUT2D eigenvalue weighted by molar-refractivity contribution is 5.73. The van der Waals surface area contributed by atoms with Crippen molar-refractivity contribution in [2.45, 2.75) is 71.0 Å². The molecule has 4 nitrogen and oxygen atoms in total. The summed E-state index contributed by atoms with van der Waals surface area (Å²) < 4.78 is 12.5. The van der Waals surface area contributed by atoms with Gasteiger partial charge in [0.15, 0.2) is 0 Å². The van der Waals surface area contributed by atoms with Crippen LogP contribution >= 0.6 is 0 Å². The van der Waals surface area contributed by atoms with Gasteiger partial charge >= 0.3 is 5.97 Å². The number of ether oxygens (including phenoxy) is 2. The zero-order chi connectivity index (χ0) is 29.0. The van der Waals surface area contributed by atoms with Gasteiger partial charge in [-0.2, -0.15) is 0 Å². The van der Waals surface area contributed by atoms with Gasteiger partial charge in [0.05, 0.1) is 5.41 Å². The molecule has 0 fully saturated rings. The topological polar surface area (TPSA) is 55.8 Å². The largest absolute Gasteiger partial charge is 0.489 e. The Morgan fingerprint density at radius 2 is 1.44 bits per heavy atom. The first-order valence-electron chi connectivity index (χ1n) is 14.5. The molecule has 0 unspecified atom stereocenters. The minimum Gasteiger partial charge on any atom is -0.489 e. The molecular formula is C37H40O4. The van der Waals surface area contributed by atoms with Crippen molar-refractivity contribution in [2.24, 2.45) is 5.41 Å². The highest BCUT2D eigenvalue weighted by Crippen LogP contribution is 2.47. The monoisotopic (exact) mass is 548 g/mol. The van der Waals surface area contributed by atoms with Crippen molar-refractivity contribution in [3.63, 3.8) is 0 Å². The average Bonchev–Trinajstić information content (AvgIpc) is 2.96. The van der Waals surface area contributed by atoms with Gasteiger partial charge in [-0.25, -0.2) is 0 Å². The summed E-state index contributed by atoms with van der Waals surface area (Å²) in [4.78, 5) is 11.7. The zero-order valence-electron chi connectivity index (χ0n) is 24.5. The Bertz CT molecular complexity index is 1460. The molecule has 0 aliphatic heterocycles. The number of aliphatic carboxylic acids is 1. The third kappa shape index (κ3) is 6.82. The number of benzene rings is 4. The first kappa shape index (κ1) is 28.5. The molecule has 4 aromatic rings. The lowest BCUT2D eigenvalue weighted by Crippen LogP contribution is -2.38. The van der Waals surface area contributed by atoms with E-state index in [1.807, 2.05) is 44.2 Å². The van der Waals surface area contributed by atoms with E-state index in [-0.39, 0.29) is 5.92 Å². The molecule has 1 N–H and O–H groups in total. The van der Waals surface area contributed by atoms with E-state index in [0.717, 1.165) is 29.9 Å². The fourth-order valence-corrected chi connectivity index (χ4v) is 6.34. The Balaban J connectivity index is 1.41. The molecule has 1 aliphatic carbocycles. The Morgan fingerprint density at radius 1 is 0.805 bits per heavy atom. The molecule has 5 rings (SSSR count). The van der Waals surface area contributed by atoms with Gasteiger partial charge in [-0.3, -0.25) is 4.79 Å². The number of fused-ring (bicyclic) bond motifs is 1. The maximum Gasteiger partial charge on any atom is 0.309 e. The van der Waals surface area contributed by atoms with Gasteiger partial charge in [0.2, 0.25) is 0 Å². The van der Waals surface area contributed by atoms with Crippen molar-refractivity contribution in [1.82, 2.24) is 0 Å². The van der Waals surface area contributed by atoms with Gasteiger partial charge < -0.3 is 14.6 Å². The zero-order valence-corrected chi connectivity index (χ0v) is 24.5. The molecule has 41 heavy (non-hydrogen) atoms. The van der Waals surface area contributed by atoms with Gasteiger partial charge in [-0.15, -0.1) is 0 Å². The Labute approximate surface area is 244 Å². The molecule has 1 aliphatic rings. The molecule has 0 heterocycles. The van der Waals surface area contributed by atoms with Crippen LogP contribution in [0, 0.1) is 5.41 Å². The van der Waals surface area contributed by atoms with Crippen LogP contribution in [-0.2, 0) is 17.8 Å². The number of carbonyl (C=O) groups is 1. The highest BCUT2D eigenvalue weighted by atomic mass is 16.5. The maximum absolute atomic E-state index is 11.7. The molecule has 0 saturated heterocycles. The molecule has 0 saturated carbocycles. The molecule has 212 valence electrons. The normalized spacial score (nSPS) is 17.0. The van der Waals surface area contributed by atoms with Crippen molar-refractivity contribution in [2.75, 3.05) is 0 Å². The lowest BCUT2D eigenvalue weighted by atomic mass is 9.69. The Morgan fingerprint density at radius 3 is 2.10 bits per heavy atom. The summed E-state index contributed by atoms with van der Waals surface area (Å²) in [6.45, 7) is 7.94. The molecule has 4 heteroatoms. The Hall–Kier alpha value is -4.05. The molecule has 0 spiro atoms. The summed E-state index contributed by atoms with van der Waals surface area (Å²) in [5, 5.41) is 9.59. The number of carboxylic acid groups (broad SMARTS) is 1. The van der Waals surface area contributed by atoms with Crippen LogP contribution in [0.2, 0.25) is 0 Å². The van der Waals surface area contributed by atoms with Gasteiger partial charge in [0, 0.05) is 12.3 Å². The summed E-state index contributed by atoms with van der Waals surface area (Å²) in [5.74, 6) is 1.40. The van der Waals surface area contributed by atoms with E-state index in [1.165, 1.54) is 22.3 Å². The molecule has 4 aromatic carbocycles. The number of hydrogen-bond acceptors (Lipinski definition) is 3. The van der Waals surface area contributed by atoms with Crippen LogP contribution in [0.5, 0.6) is 11.5 Å². The van der Waals surface area contributed by atoms with Crippen LogP contribution in [0.4, 0.5) is 0 Å². The van der Waals surface area contributed by atoms with Gasteiger partial charge in [0.1, 0.15) is 23.7 Å². The van der Waals surface area contributed by atoms with Crippen LogP contribution in [0.1, 0.15) is 80.2 Å². The highest BCUT2D eigenvalue weighted by Gasteiger charge is 2.36. The number of rotatable bonds is 10. The summed E-state index contributed by atoms with van der Waals surface area (Å²) >= 11 is 0. The summed E-state index contributed by atoms with van der Waals surface area (Å²) in [7, 11) is 0. The second kappa shape index (κ2) is 11.8. The number of aryl methyl sites for hydroxylation is 1. The fraction of sp³-hybridized carbons (Fsp3) is 0.324. The minimum atomic E-state index is -0.873. The van der Waals surface area contributed by atoms with Crippen molar-refractivity contribution in [3.05, 3.63) is 131 Å². The quantitative estimate of drug-likeness (QED) is 0.215. The van der Waals surface area contributed by atoms with E-state index in [4.69, 9.17) is 9.47 Å². The van der Waals surface area contributed by atoms with E-state index in [0.29, 0.717) is 18.9 Å². The van der Waals surface area contributed by atoms with Crippen molar-refractivity contribution in [1.29, 1.82) is 0 Å². The predicted octanol–water partition coefficient (Wildman–Crippen LogP) is 8.79. The molecule has 0 aromatic heterocycles. The second-order valence-electron chi connectivity index (χ2n) is 12.5. The molecular weight excluding hydrogens is 508 g/mol. The van der Waals surface area contributed by atoms with Crippen LogP contribution < -0.4 is 9.47 Å². The smallest absolute Gasteiger partial charge is 0.309 e. The van der Waals surface area contributed by atoms with E-state index in [2.05, 4.69) is 72.8 Å². The van der Waals surface area contributed by atoms with E-state index in [9.17, 15) is 9.90 Å². The third-order valence-electron chi connectivity index (χ3n) is 8.13. The van der Waals surface area contributed by atoms with Gasteiger partial charge in [-0.05, 0) is 98.5 Å². The number of hydrogen-bond donors (Lipinski definition) is 1. The van der Waals surface area contributed by atoms with Crippen molar-refractivity contribution < 1.29 is 19.4 Å². The molecule has 0 bridgehead atoms. The fourth-order valence-electron chi connectivity index (χ4n) is 6.34. The summed E-state index contributed by atoms with van der Waals surface area (Å²) in [6.07, 6.45) is 2.46. The summed E-state index contributed by atoms with van der Waals surface area (Å²) in [6, 6.07) is 36.0. The van der Waals surface area contributed by atoms with Crippen molar-refractivity contribution in [3.8, 4) is 11.5 Å². The Kier molecular flexibility index (Phi) is 8.21. The van der Waals surface area contributed by atoms with Crippen LogP contribution in [0.15, 0.2) is 103 Å². The first-order chi connectivity index (χ1) is 19.6.